The summed E-state index contributed by atoms with van der Waals surface area (Å²) in [4.78, 5) is 0.300. The van der Waals surface area contributed by atoms with Crippen LogP contribution in [0, 0.1) is 0 Å². The highest BCUT2D eigenvalue weighted by Gasteiger charge is 2.22. The summed E-state index contributed by atoms with van der Waals surface area (Å²) < 4.78 is 26.2. The number of hydrogen-bond acceptors (Lipinski definition) is 3. The zero-order chi connectivity index (χ0) is 14.5. The maximum absolute atomic E-state index is 12.4. The molecule has 19 heavy (non-hydrogen) atoms. The Kier molecular flexibility index (Phi) is 6.26. The monoisotopic (exact) mass is 304 g/mol. The van der Waals surface area contributed by atoms with E-state index in [2.05, 4.69) is 5.32 Å². The molecule has 0 saturated carbocycles. The molecule has 0 heterocycles. The zero-order valence-corrected chi connectivity index (χ0v) is 13.2. The van der Waals surface area contributed by atoms with E-state index in [1.54, 1.807) is 18.2 Å². The van der Waals surface area contributed by atoms with Crippen LogP contribution in [0.1, 0.15) is 26.3 Å². The van der Waals surface area contributed by atoms with Crippen molar-refractivity contribution in [3.63, 3.8) is 0 Å². The number of halogens is 1. The van der Waals surface area contributed by atoms with Crippen molar-refractivity contribution in [3.8, 4) is 0 Å². The Morgan fingerprint density at radius 1 is 1.21 bits per heavy atom. The molecule has 0 saturated heterocycles. The van der Waals surface area contributed by atoms with Crippen molar-refractivity contribution in [1.82, 2.24) is 9.62 Å². The molecule has 108 valence electrons. The summed E-state index contributed by atoms with van der Waals surface area (Å²) >= 11 is 6.08. The zero-order valence-electron chi connectivity index (χ0n) is 11.6. The van der Waals surface area contributed by atoms with Crippen molar-refractivity contribution in [1.29, 1.82) is 0 Å². The van der Waals surface area contributed by atoms with Crippen LogP contribution in [0.4, 0.5) is 0 Å². The van der Waals surface area contributed by atoms with Gasteiger partial charge in [0.15, 0.2) is 0 Å². The molecule has 0 aromatic heterocycles. The summed E-state index contributed by atoms with van der Waals surface area (Å²) in [6.07, 6.45) is 0. The Morgan fingerprint density at radius 2 is 1.84 bits per heavy atom. The summed E-state index contributed by atoms with van der Waals surface area (Å²) in [7, 11) is -3.42. The Bertz CT molecular complexity index is 513. The molecule has 4 nitrogen and oxygen atoms in total. The van der Waals surface area contributed by atoms with Crippen molar-refractivity contribution >= 4 is 21.6 Å². The molecule has 0 aliphatic rings. The summed E-state index contributed by atoms with van der Waals surface area (Å²) in [6, 6.07) is 4.86. The molecular weight excluding hydrogens is 284 g/mol. The van der Waals surface area contributed by atoms with Crippen LogP contribution in [0.25, 0.3) is 0 Å². The molecule has 0 atom stereocenters. The van der Waals surface area contributed by atoms with Crippen molar-refractivity contribution in [2.45, 2.75) is 32.2 Å². The van der Waals surface area contributed by atoms with Crippen LogP contribution >= 0.6 is 11.6 Å². The van der Waals surface area contributed by atoms with Gasteiger partial charge in [-0.1, -0.05) is 32.4 Å². The first-order valence-corrected chi connectivity index (χ1v) is 8.28. The number of rotatable bonds is 7. The van der Waals surface area contributed by atoms with Gasteiger partial charge in [0.1, 0.15) is 0 Å². The average molecular weight is 305 g/mol. The fraction of sp³-hybridized carbons (Fsp3) is 0.538. The minimum atomic E-state index is -3.42. The molecule has 0 amide bonds. The van der Waals surface area contributed by atoms with Gasteiger partial charge in [-0.15, -0.1) is 0 Å². The van der Waals surface area contributed by atoms with E-state index in [1.807, 2.05) is 20.8 Å². The second-order valence-corrected chi connectivity index (χ2v) is 6.47. The third-order valence-corrected chi connectivity index (χ3v) is 5.34. The Morgan fingerprint density at radius 3 is 2.37 bits per heavy atom. The number of sulfonamides is 1. The van der Waals surface area contributed by atoms with Crippen molar-refractivity contribution < 1.29 is 8.42 Å². The predicted molar refractivity (Wildman–Crippen MR) is 78.9 cm³/mol. The van der Waals surface area contributed by atoms with Crippen LogP contribution in [0.3, 0.4) is 0 Å². The number of nitrogens with one attached hydrogen (secondary N) is 1. The third kappa shape index (κ3) is 3.92. The van der Waals surface area contributed by atoms with Gasteiger partial charge in [-0.05, 0) is 30.3 Å². The van der Waals surface area contributed by atoms with E-state index in [-0.39, 0.29) is 0 Å². The van der Waals surface area contributed by atoms with E-state index in [1.165, 1.54) is 4.31 Å². The molecule has 0 unspecified atom stereocenters. The molecule has 0 aliphatic carbocycles. The summed E-state index contributed by atoms with van der Waals surface area (Å²) in [5.41, 5.74) is 0.803. The van der Waals surface area contributed by atoms with Gasteiger partial charge in [-0.3, -0.25) is 0 Å². The van der Waals surface area contributed by atoms with E-state index in [0.717, 1.165) is 12.1 Å². The molecule has 1 aromatic carbocycles. The van der Waals surface area contributed by atoms with Gasteiger partial charge in [0.2, 0.25) is 10.0 Å². The number of hydrogen-bond donors (Lipinski definition) is 1. The Hall–Kier alpha value is -0.620. The maximum atomic E-state index is 12.4. The Labute approximate surface area is 120 Å². The summed E-state index contributed by atoms with van der Waals surface area (Å²) in [6.45, 7) is 7.95. The quantitative estimate of drug-likeness (QED) is 0.842. The largest absolute Gasteiger partial charge is 0.313 e. The van der Waals surface area contributed by atoms with Crippen molar-refractivity contribution in [2.75, 3.05) is 19.6 Å². The molecule has 1 N–H and O–H groups in total. The van der Waals surface area contributed by atoms with Crippen LogP contribution in [0.5, 0.6) is 0 Å². The van der Waals surface area contributed by atoms with Crippen LogP contribution in [0.15, 0.2) is 23.1 Å². The lowest BCUT2D eigenvalue weighted by atomic mass is 10.2. The fourth-order valence-electron chi connectivity index (χ4n) is 1.82. The maximum Gasteiger partial charge on any atom is 0.243 e. The van der Waals surface area contributed by atoms with Gasteiger partial charge >= 0.3 is 0 Å². The highest BCUT2D eigenvalue weighted by Crippen LogP contribution is 2.22. The van der Waals surface area contributed by atoms with Gasteiger partial charge in [-0.25, -0.2) is 8.42 Å². The summed E-state index contributed by atoms with van der Waals surface area (Å²) in [5.74, 6) is 0. The molecule has 0 aliphatic heterocycles. The average Bonchev–Trinajstić information content (AvgIpc) is 2.38. The van der Waals surface area contributed by atoms with Crippen molar-refractivity contribution in [3.05, 3.63) is 28.8 Å². The van der Waals surface area contributed by atoms with Gasteiger partial charge in [0.05, 0.1) is 4.90 Å². The molecule has 0 spiro atoms. The first-order chi connectivity index (χ1) is 8.97. The molecule has 6 heteroatoms. The molecule has 0 radical (unpaired) electrons. The van der Waals surface area contributed by atoms with Gasteiger partial charge in [0, 0.05) is 24.7 Å². The van der Waals surface area contributed by atoms with E-state index in [0.29, 0.717) is 29.6 Å². The van der Waals surface area contributed by atoms with Gasteiger partial charge in [0.25, 0.3) is 0 Å². The van der Waals surface area contributed by atoms with E-state index < -0.39 is 10.0 Å². The minimum Gasteiger partial charge on any atom is -0.313 e. The van der Waals surface area contributed by atoms with E-state index in [9.17, 15) is 8.42 Å². The third-order valence-electron chi connectivity index (χ3n) is 2.93. The number of benzene rings is 1. The second kappa shape index (κ2) is 7.24. The minimum absolute atomic E-state index is 0.300. The van der Waals surface area contributed by atoms with Gasteiger partial charge in [-0.2, -0.15) is 4.31 Å². The van der Waals surface area contributed by atoms with Crippen molar-refractivity contribution in [2.24, 2.45) is 0 Å². The predicted octanol–water partition coefficient (Wildman–Crippen LogP) is 2.48. The SMILES string of the molecule is CCNCc1cc(S(=O)(=O)N(CC)CC)ccc1Cl. The topological polar surface area (TPSA) is 49.4 Å². The van der Waals surface area contributed by atoms with Crippen LogP contribution < -0.4 is 5.32 Å². The van der Waals surface area contributed by atoms with Crippen LogP contribution in [0.2, 0.25) is 5.02 Å². The second-order valence-electron chi connectivity index (χ2n) is 4.12. The molecule has 1 aromatic rings. The van der Waals surface area contributed by atoms with Crippen LogP contribution in [-0.4, -0.2) is 32.4 Å². The standard InChI is InChI=1S/C13H21ClN2O2S/c1-4-15-10-11-9-12(7-8-13(11)14)19(17,18)16(5-2)6-3/h7-9,15H,4-6,10H2,1-3H3. The first kappa shape index (κ1) is 16.4. The molecular formula is C13H21ClN2O2S. The smallest absolute Gasteiger partial charge is 0.243 e. The first-order valence-electron chi connectivity index (χ1n) is 6.46. The lowest BCUT2D eigenvalue weighted by Crippen LogP contribution is -2.30. The lowest BCUT2D eigenvalue weighted by molar-refractivity contribution is 0.445. The van der Waals surface area contributed by atoms with E-state index >= 15 is 0 Å². The summed E-state index contributed by atoms with van der Waals surface area (Å²) in [5, 5.41) is 3.73. The Balaban J connectivity index is 3.14. The normalized spacial score (nSPS) is 12.1. The fourth-order valence-corrected chi connectivity index (χ4v) is 3.51. The molecule has 1 rings (SSSR count). The molecule has 0 bridgehead atoms. The molecule has 0 fully saturated rings. The highest BCUT2D eigenvalue weighted by atomic mass is 35.5. The van der Waals surface area contributed by atoms with Gasteiger partial charge < -0.3 is 5.32 Å². The van der Waals surface area contributed by atoms with E-state index in [4.69, 9.17) is 11.6 Å². The number of nitrogens with zero attached hydrogens (tertiary/aromatic N) is 1. The lowest BCUT2D eigenvalue weighted by Gasteiger charge is -2.19. The highest BCUT2D eigenvalue weighted by molar-refractivity contribution is 7.89. The van der Waals surface area contributed by atoms with Crippen LogP contribution in [-0.2, 0) is 16.6 Å².